The van der Waals surface area contributed by atoms with Crippen molar-refractivity contribution >= 4 is 29.0 Å². The van der Waals surface area contributed by atoms with Gasteiger partial charge in [0.1, 0.15) is 0 Å². The first-order valence-corrected chi connectivity index (χ1v) is 11.5. The first-order chi connectivity index (χ1) is 13.6. The zero-order valence-electron chi connectivity index (χ0n) is 16.2. The maximum absolute atomic E-state index is 12.7. The van der Waals surface area contributed by atoms with Gasteiger partial charge in [0.2, 0.25) is 5.91 Å². The number of rotatable bonds is 5. The monoisotopic (exact) mass is 412 g/mol. The molecular formula is C21H24N4OS2. The number of carbonyl (C=O) groups is 1. The van der Waals surface area contributed by atoms with E-state index in [2.05, 4.69) is 52.9 Å². The third-order valence-corrected chi connectivity index (χ3v) is 6.88. The molecule has 5 nitrogen and oxygen atoms in total. The number of aromatic nitrogens is 3. The van der Waals surface area contributed by atoms with Gasteiger partial charge in [-0.15, -0.1) is 21.5 Å². The molecule has 2 aromatic heterocycles. The van der Waals surface area contributed by atoms with Gasteiger partial charge < -0.3 is 4.90 Å². The highest BCUT2D eigenvalue weighted by Crippen LogP contribution is 2.31. The van der Waals surface area contributed by atoms with E-state index in [9.17, 15) is 4.79 Å². The zero-order chi connectivity index (χ0) is 19.5. The Morgan fingerprint density at radius 2 is 2.04 bits per heavy atom. The summed E-state index contributed by atoms with van der Waals surface area (Å²) in [6.45, 7) is 6.07. The minimum Gasteiger partial charge on any atom is -0.342 e. The molecule has 7 heteroatoms. The molecule has 28 heavy (non-hydrogen) atoms. The smallest absolute Gasteiger partial charge is 0.233 e. The molecule has 0 radical (unpaired) electrons. The van der Waals surface area contributed by atoms with Crippen molar-refractivity contribution in [2.24, 2.45) is 5.92 Å². The highest BCUT2D eigenvalue weighted by atomic mass is 32.2. The summed E-state index contributed by atoms with van der Waals surface area (Å²) < 4.78 is 2.06. The lowest BCUT2D eigenvalue weighted by molar-refractivity contribution is -0.129. The number of amides is 1. The molecular weight excluding hydrogens is 388 g/mol. The number of hydrogen-bond acceptors (Lipinski definition) is 5. The van der Waals surface area contributed by atoms with Crippen LogP contribution in [-0.2, 0) is 4.79 Å². The molecule has 0 spiro atoms. The van der Waals surface area contributed by atoms with Crippen LogP contribution in [0.25, 0.3) is 16.4 Å². The van der Waals surface area contributed by atoms with Crippen LogP contribution in [0.1, 0.15) is 25.3 Å². The minimum absolute atomic E-state index is 0.188. The molecule has 0 atom stereocenters. The third-order valence-electron chi connectivity index (χ3n) is 5.10. The fourth-order valence-corrected chi connectivity index (χ4v) is 4.96. The van der Waals surface area contributed by atoms with E-state index in [0.717, 1.165) is 53.4 Å². The number of aryl methyl sites for hydroxylation is 1. The van der Waals surface area contributed by atoms with Crippen LogP contribution in [0.4, 0.5) is 0 Å². The lowest BCUT2D eigenvalue weighted by atomic mass is 9.99. The van der Waals surface area contributed by atoms with Crippen LogP contribution in [0.5, 0.6) is 0 Å². The maximum Gasteiger partial charge on any atom is 0.233 e. The Hall–Kier alpha value is -2.12. The van der Waals surface area contributed by atoms with Crippen LogP contribution in [0.2, 0.25) is 0 Å². The van der Waals surface area contributed by atoms with Gasteiger partial charge in [-0.3, -0.25) is 9.36 Å². The van der Waals surface area contributed by atoms with E-state index in [1.54, 1.807) is 11.3 Å². The lowest BCUT2D eigenvalue weighted by Gasteiger charge is -2.30. The number of benzene rings is 1. The predicted molar refractivity (Wildman–Crippen MR) is 115 cm³/mol. The fraction of sp³-hybridized carbons (Fsp3) is 0.381. The summed E-state index contributed by atoms with van der Waals surface area (Å²) in [5, 5.41) is 11.7. The van der Waals surface area contributed by atoms with Gasteiger partial charge in [0.25, 0.3) is 0 Å². The average molecular weight is 413 g/mol. The van der Waals surface area contributed by atoms with Crippen molar-refractivity contribution in [2.45, 2.75) is 31.8 Å². The second-order valence-electron chi connectivity index (χ2n) is 7.31. The first kappa shape index (κ1) is 19.2. The average Bonchev–Trinajstić information content (AvgIpc) is 3.36. The lowest BCUT2D eigenvalue weighted by Crippen LogP contribution is -2.38. The normalized spacial score (nSPS) is 15.1. The highest BCUT2D eigenvalue weighted by molar-refractivity contribution is 7.99. The molecule has 0 bridgehead atoms. The van der Waals surface area contributed by atoms with Crippen molar-refractivity contribution in [1.82, 2.24) is 19.7 Å². The summed E-state index contributed by atoms with van der Waals surface area (Å²) in [5.41, 5.74) is 2.20. The number of likely N-dealkylation sites (tertiary alicyclic amines) is 1. The molecule has 3 aromatic rings. The standard InChI is InChI=1S/C21H24N4OS2/c1-15-8-10-24(11-9-15)19(26)14-28-21-23-22-20(18-7-4-12-27-18)25(21)17-6-3-5-16(2)13-17/h3-7,12-13,15H,8-11,14H2,1-2H3. The molecule has 1 aromatic carbocycles. The van der Waals surface area contributed by atoms with Crippen molar-refractivity contribution < 1.29 is 4.79 Å². The zero-order valence-corrected chi connectivity index (χ0v) is 17.8. The maximum atomic E-state index is 12.7. The van der Waals surface area contributed by atoms with Gasteiger partial charge >= 0.3 is 0 Å². The van der Waals surface area contributed by atoms with Gasteiger partial charge in [0.15, 0.2) is 11.0 Å². The Balaban J connectivity index is 1.58. The Morgan fingerprint density at radius 3 is 2.75 bits per heavy atom. The number of thioether (sulfide) groups is 1. The van der Waals surface area contributed by atoms with E-state index >= 15 is 0 Å². The van der Waals surface area contributed by atoms with Gasteiger partial charge in [-0.05, 0) is 54.8 Å². The number of piperidine rings is 1. The van der Waals surface area contributed by atoms with E-state index in [1.807, 2.05) is 22.4 Å². The molecule has 146 valence electrons. The molecule has 1 fully saturated rings. The van der Waals surface area contributed by atoms with Crippen LogP contribution in [0, 0.1) is 12.8 Å². The first-order valence-electron chi connectivity index (χ1n) is 9.58. The van der Waals surface area contributed by atoms with Gasteiger partial charge in [-0.25, -0.2) is 0 Å². The minimum atomic E-state index is 0.188. The van der Waals surface area contributed by atoms with Crippen LogP contribution in [0.15, 0.2) is 46.9 Å². The van der Waals surface area contributed by atoms with E-state index < -0.39 is 0 Å². The summed E-state index contributed by atoms with van der Waals surface area (Å²) in [6.07, 6.45) is 2.19. The number of nitrogens with zero attached hydrogens (tertiary/aromatic N) is 4. The number of carbonyl (C=O) groups excluding carboxylic acids is 1. The summed E-state index contributed by atoms with van der Waals surface area (Å²) in [5.74, 6) is 2.12. The topological polar surface area (TPSA) is 51.0 Å². The van der Waals surface area contributed by atoms with Crippen molar-refractivity contribution in [3.8, 4) is 16.4 Å². The number of hydrogen-bond donors (Lipinski definition) is 0. The summed E-state index contributed by atoms with van der Waals surface area (Å²) in [7, 11) is 0. The molecule has 1 aliphatic rings. The largest absolute Gasteiger partial charge is 0.342 e. The van der Waals surface area contributed by atoms with E-state index in [-0.39, 0.29) is 5.91 Å². The molecule has 1 aliphatic heterocycles. The Labute approximate surface area is 173 Å². The Kier molecular flexibility index (Phi) is 5.82. The molecule has 0 N–H and O–H groups in total. The van der Waals surface area contributed by atoms with Crippen LogP contribution >= 0.6 is 23.1 Å². The van der Waals surface area contributed by atoms with Crippen molar-refractivity contribution in [2.75, 3.05) is 18.8 Å². The van der Waals surface area contributed by atoms with Crippen molar-refractivity contribution in [3.05, 3.63) is 47.3 Å². The highest BCUT2D eigenvalue weighted by Gasteiger charge is 2.22. The van der Waals surface area contributed by atoms with Crippen molar-refractivity contribution in [1.29, 1.82) is 0 Å². The summed E-state index contributed by atoms with van der Waals surface area (Å²) in [6, 6.07) is 12.4. The Bertz CT molecular complexity index is 943. The quantitative estimate of drug-likeness (QED) is 0.572. The number of thiophene rings is 1. The molecule has 4 rings (SSSR count). The molecule has 1 amide bonds. The van der Waals surface area contributed by atoms with Gasteiger partial charge in [-0.2, -0.15) is 0 Å². The van der Waals surface area contributed by atoms with Crippen LogP contribution in [0.3, 0.4) is 0 Å². The Morgan fingerprint density at radius 1 is 1.21 bits per heavy atom. The third kappa shape index (κ3) is 4.15. The van der Waals surface area contributed by atoms with Gasteiger partial charge in [0.05, 0.1) is 16.3 Å². The van der Waals surface area contributed by atoms with Crippen LogP contribution in [-0.4, -0.2) is 44.4 Å². The molecule has 0 saturated carbocycles. The van der Waals surface area contributed by atoms with Gasteiger partial charge in [-0.1, -0.05) is 36.9 Å². The second-order valence-corrected chi connectivity index (χ2v) is 9.20. The fourth-order valence-electron chi connectivity index (χ4n) is 3.40. The second kappa shape index (κ2) is 8.49. The van der Waals surface area contributed by atoms with E-state index in [1.165, 1.54) is 17.3 Å². The predicted octanol–water partition coefficient (Wildman–Crippen LogP) is 4.65. The molecule has 0 aliphatic carbocycles. The molecule has 3 heterocycles. The van der Waals surface area contributed by atoms with Gasteiger partial charge in [0, 0.05) is 13.1 Å². The van der Waals surface area contributed by atoms with E-state index in [4.69, 9.17) is 0 Å². The summed E-state index contributed by atoms with van der Waals surface area (Å²) in [4.78, 5) is 15.7. The summed E-state index contributed by atoms with van der Waals surface area (Å²) >= 11 is 3.11. The SMILES string of the molecule is Cc1cccc(-n2c(SCC(=O)N3CCC(C)CC3)nnc2-c2cccs2)c1. The van der Waals surface area contributed by atoms with Crippen LogP contribution < -0.4 is 0 Å². The van der Waals surface area contributed by atoms with Crippen molar-refractivity contribution in [3.63, 3.8) is 0 Å². The van der Waals surface area contributed by atoms with E-state index in [0.29, 0.717) is 5.75 Å². The molecule has 0 unspecified atom stereocenters. The molecule has 1 saturated heterocycles.